The summed E-state index contributed by atoms with van der Waals surface area (Å²) >= 11 is 1.55. The maximum atomic E-state index is 13.0. The summed E-state index contributed by atoms with van der Waals surface area (Å²) in [6.07, 6.45) is 3.18. The minimum atomic E-state index is -0.611. The van der Waals surface area contributed by atoms with Gasteiger partial charge in [-0.2, -0.15) is 0 Å². The van der Waals surface area contributed by atoms with E-state index in [1.807, 2.05) is 66.7 Å². The van der Waals surface area contributed by atoms with Crippen LogP contribution in [-0.2, 0) is 22.6 Å². The number of amides is 2. The Morgan fingerprint density at radius 3 is 2.15 bits per heavy atom. The number of aliphatic hydroxyl groups is 1. The van der Waals surface area contributed by atoms with Crippen molar-refractivity contribution in [2.45, 2.75) is 43.2 Å². The Bertz CT molecular complexity index is 1830. The summed E-state index contributed by atoms with van der Waals surface area (Å²) in [6.45, 7) is 0.177. The molecule has 7 rings (SSSR count). The standard InChI is InChI=1S/C37H31N3O5S/c41-22-24-12-14-26(15-13-24)33-20-30(23-46-37-38-16-5-17-39-37)44-36(45-33)29-9-4-8-28(19-29)27-7-3-6-25(18-27)21-40-34(42)31-10-1-2-11-32(31)35(40)43/h1-19,30,33,36,41H,20-23H2/t30-,33+,36+/m1/s1. The molecule has 230 valence electrons. The molecule has 9 heteroatoms. The number of fused-ring (bicyclic) bond motifs is 1. The number of hydrogen-bond donors (Lipinski definition) is 1. The first kappa shape index (κ1) is 30.0. The third-order valence-corrected chi connectivity index (χ3v) is 9.20. The zero-order valence-corrected chi connectivity index (χ0v) is 25.7. The topological polar surface area (TPSA) is 102 Å². The molecule has 1 N–H and O–H groups in total. The third-order valence-electron chi connectivity index (χ3n) is 8.19. The van der Waals surface area contributed by atoms with Crippen LogP contribution in [-0.4, -0.2) is 43.6 Å². The molecule has 0 aliphatic carbocycles. The van der Waals surface area contributed by atoms with Gasteiger partial charge in [-0.3, -0.25) is 14.5 Å². The lowest BCUT2D eigenvalue weighted by Gasteiger charge is -2.36. The summed E-state index contributed by atoms with van der Waals surface area (Å²) in [6, 6.07) is 32.5. The Hall–Kier alpha value is -4.67. The van der Waals surface area contributed by atoms with Crippen LogP contribution in [0.5, 0.6) is 0 Å². The molecule has 0 radical (unpaired) electrons. The van der Waals surface area contributed by atoms with Crippen LogP contribution in [0.2, 0.25) is 0 Å². The van der Waals surface area contributed by atoms with E-state index < -0.39 is 6.29 Å². The van der Waals surface area contributed by atoms with E-state index in [1.54, 1.807) is 54.5 Å². The smallest absolute Gasteiger partial charge is 0.261 e. The first-order valence-corrected chi connectivity index (χ1v) is 16.1. The molecule has 1 aromatic heterocycles. The number of rotatable bonds is 9. The second kappa shape index (κ2) is 13.4. The number of nitrogens with zero attached hydrogens (tertiary/aromatic N) is 3. The van der Waals surface area contributed by atoms with Crippen molar-refractivity contribution < 1.29 is 24.2 Å². The normalized spacial score (nSPS) is 19.3. The van der Waals surface area contributed by atoms with Crippen LogP contribution in [0.25, 0.3) is 11.1 Å². The van der Waals surface area contributed by atoms with Crippen molar-refractivity contribution in [1.29, 1.82) is 0 Å². The van der Waals surface area contributed by atoms with Crippen molar-refractivity contribution in [1.82, 2.24) is 14.9 Å². The molecule has 2 aliphatic heterocycles. The molecule has 1 saturated heterocycles. The maximum Gasteiger partial charge on any atom is 0.261 e. The zero-order valence-electron chi connectivity index (χ0n) is 24.9. The molecule has 5 aromatic rings. The molecule has 0 unspecified atom stereocenters. The summed E-state index contributed by atoms with van der Waals surface area (Å²) in [5, 5.41) is 10.2. The van der Waals surface area contributed by atoms with Crippen LogP contribution in [0.3, 0.4) is 0 Å². The van der Waals surface area contributed by atoms with Gasteiger partial charge >= 0.3 is 0 Å². The molecule has 0 bridgehead atoms. The van der Waals surface area contributed by atoms with Gasteiger partial charge in [0.2, 0.25) is 0 Å². The van der Waals surface area contributed by atoms with Gasteiger partial charge in [-0.05, 0) is 58.1 Å². The molecule has 0 saturated carbocycles. The van der Waals surface area contributed by atoms with Crippen molar-refractivity contribution in [2.75, 3.05) is 5.75 Å². The van der Waals surface area contributed by atoms with E-state index in [9.17, 15) is 14.7 Å². The van der Waals surface area contributed by atoms with E-state index in [0.717, 1.165) is 33.4 Å². The first-order chi connectivity index (χ1) is 22.6. The summed E-state index contributed by atoms with van der Waals surface area (Å²) in [4.78, 5) is 35.9. The van der Waals surface area contributed by atoms with Crippen LogP contribution in [0.4, 0.5) is 0 Å². The Morgan fingerprint density at radius 1 is 0.739 bits per heavy atom. The average Bonchev–Trinajstić information content (AvgIpc) is 3.36. The fourth-order valence-electron chi connectivity index (χ4n) is 5.83. The Morgan fingerprint density at radius 2 is 1.43 bits per heavy atom. The summed E-state index contributed by atoms with van der Waals surface area (Å²) < 4.78 is 13.1. The number of ether oxygens (including phenoxy) is 2. The van der Waals surface area contributed by atoms with Gasteiger partial charge in [-0.1, -0.05) is 84.6 Å². The van der Waals surface area contributed by atoms with Gasteiger partial charge in [0.15, 0.2) is 11.4 Å². The molecule has 46 heavy (non-hydrogen) atoms. The van der Waals surface area contributed by atoms with Gasteiger partial charge in [0.1, 0.15) is 0 Å². The average molecular weight is 630 g/mol. The van der Waals surface area contributed by atoms with Crippen molar-refractivity contribution in [2.24, 2.45) is 0 Å². The maximum absolute atomic E-state index is 13.0. The molecule has 3 heterocycles. The largest absolute Gasteiger partial charge is 0.392 e. The molecule has 2 amide bonds. The summed E-state index contributed by atoms with van der Waals surface area (Å²) in [5.41, 5.74) is 6.41. The number of carbonyl (C=O) groups is 2. The van der Waals surface area contributed by atoms with E-state index >= 15 is 0 Å². The van der Waals surface area contributed by atoms with Crippen LogP contribution < -0.4 is 0 Å². The van der Waals surface area contributed by atoms with Crippen molar-refractivity contribution in [3.05, 3.63) is 149 Å². The number of benzene rings is 4. The number of hydrogen-bond acceptors (Lipinski definition) is 8. The molecule has 1 fully saturated rings. The number of aliphatic hydroxyl groups excluding tert-OH is 1. The lowest BCUT2D eigenvalue weighted by Crippen LogP contribution is -2.31. The minimum Gasteiger partial charge on any atom is -0.392 e. The van der Waals surface area contributed by atoms with Crippen LogP contribution >= 0.6 is 11.8 Å². The lowest BCUT2D eigenvalue weighted by atomic mass is 9.99. The van der Waals surface area contributed by atoms with Gasteiger partial charge in [-0.25, -0.2) is 9.97 Å². The molecular formula is C37H31N3O5S. The highest BCUT2D eigenvalue weighted by Crippen LogP contribution is 2.40. The first-order valence-electron chi connectivity index (χ1n) is 15.1. The van der Waals surface area contributed by atoms with Crippen molar-refractivity contribution in [3.8, 4) is 11.1 Å². The van der Waals surface area contributed by atoms with E-state index in [2.05, 4.69) is 16.0 Å². The van der Waals surface area contributed by atoms with E-state index in [1.165, 1.54) is 4.90 Å². The fourth-order valence-corrected chi connectivity index (χ4v) is 6.65. The zero-order chi connectivity index (χ0) is 31.5. The highest BCUT2D eigenvalue weighted by atomic mass is 32.2. The predicted octanol–water partition coefficient (Wildman–Crippen LogP) is 6.77. The second-order valence-corrected chi connectivity index (χ2v) is 12.2. The second-order valence-electron chi connectivity index (χ2n) is 11.3. The van der Waals surface area contributed by atoms with Crippen LogP contribution in [0.1, 0.15) is 61.8 Å². The highest BCUT2D eigenvalue weighted by molar-refractivity contribution is 7.99. The monoisotopic (exact) mass is 629 g/mol. The van der Waals surface area contributed by atoms with E-state index in [4.69, 9.17) is 9.47 Å². The molecule has 4 aromatic carbocycles. The van der Waals surface area contributed by atoms with Crippen LogP contribution in [0, 0.1) is 0 Å². The minimum absolute atomic E-state index is 0.0137. The van der Waals surface area contributed by atoms with Gasteiger partial charge in [0.05, 0.1) is 36.5 Å². The molecular weight excluding hydrogens is 598 g/mol. The quantitative estimate of drug-likeness (QED) is 0.108. The van der Waals surface area contributed by atoms with E-state index in [-0.39, 0.29) is 37.2 Å². The SMILES string of the molecule is O=C1c2ccccc2C(=O)N1Cc1cccc(-c2cccc([C@H]3O[C@@H](CSc4ncccn4)C[C@@H](c4ccc(CO)cc4)O3)c2)c1. The van der Waals surface area contributed by atoms with Gasteiger partial charge in [0, 0.05) is 30.1 Å². The number of thioether (sulfide) groups is 1. The Balaban J connectivity index is 1.12. The van der Waals surface area contributed by atoms with Crippen LogP contribution in [0.15, 0.2) is 121 Å². The van der Waals surface area contributed by atoms with Gasteiger partial charge < -0.3 is 14.6 Å². The number of aromatic nitrogens is 2. The van der Waals surface area contributed by atoms with Gasteiger partial charge in [-0.15, -0.1) is 0 Å². The number of carbonyl (C=O) groups excluding carboxylic acids is 2. The molecule has 8 nitrogen and oxygen atoms in total. The summed E-state index contributed by atoms with van der Waals surface area (Å²) in [5.74, 6) is 0.118. The Kier molecular flexibility index (Phi) is 8.72. The van der Waals surface area contributed by atoms with Crippen molar-refractivity contribution >= 4 is 23.6 Å². The van der Waals surface area contributed by atoms with Gasteiger partial charge in [0.25, 0.3) is 11.8 Å². The lowest BCUT2D eigenvalue weighted by molar-refractivity contribution is -0.245. The highest BCUT2D eigenvalue weighted by Gasteiger charge is 2.35. The molecule has 0 spiro atoms. The van der Waals surface area contributed by atoms with Crippen molar-refractivity contribution in [3.63, 3.8) is 0 Å². The summed E-state index contributed by atoms with van der Waals surface area (Å²) in [7, 11) is 0. The third kappa shape index (κ3) is 6.36. The predicted molar refractivity (Wildman–Crippen MR) is 174 cm³/mol. The Labute approximate surface area is 271 Å². The molecule has 2 aliphatic rings. The molecule has 3 atom stereocenters. The van der Waals surface area contributed by atoms with E-state index in [0.29, 0.717) is 28.5 Å². The fraction of sp³-hybridized carbons (Fsp3) is 0.189. The number of imide groups is 1.